The summed E-state index contributed by atoms with van der Waals surface area (Å²) >= 11 is 0. The number of benzene rings is 1. The molecule has 142 valence electrons. The molecule has 0 bridgehead atoms. The summed E-state index contributed by atoms with van der Waals surface area (Å²) in [6, 6.07) is 4.42. The van der Waals surface area contributed by atoms with Gasteiger partial charge in [-0.25, -0.2) is 4.79 Å². The van der Waals surface area contributed by atoms with Gasteiger partial charge in [0.1, 0.15) is 12.6 Å². The molecule has 1 aliphatic heterocycles. The molecular weight excluding hydrogens is 336 g/mol. The van der Waals surface area contributed by atoms with Crippen molar-refractivity contribution in [3.63, 3.8) is 0 Å². The Balaban J connectivity index is 2.15. The van der Waals surface area contributed by atoms with Gasteiger partial charge in [0.2, 0.25) is 11.8 Å². The summed E-state index contributed by atoms with van der Waals surface area (Å²) in [4.78, 5) is 38.1. The molecule has 26 heavy (non-hydrogen) atoms. The second kappa shape index (κ2) is 8.66. The maximum Gasteiger partial charge on any atom is 0.322 e. The average molecular weight is 362 g/mol. The van der Waals surface area contributed by atoms with Crippen molar-refractivity contribution in [2.45, 2.75) is 26.8 Å². The zero-order valence-electron chi connectivity index (χ0n) is 15.6. The van der Waals surface area contributed by atoms with E-state index < -0.39 is 6.04 Å². The van der Waals surface area contributed by atoms with Crippen LogP contribution in [0.25, 0.3) is 0 Å². The predicted octanol–water partition coefficient (Wildman–Crippen LogP) is 1.57. The monoisotopic (exact) mass is 362 g/mol. The Labute approximate surface area is 153 Å². The Hall–Kier alpha value is -2.61. The summed E-state index contributed by atoms with van der Waals surface area (Å²) < 4.78 is 4.81. The zero-order valence-corrected chi connectivity index (χ0v) is 15.6. The first-order valence-electron chi connectivity index (χ1n) is 8.59. The smallest absolute Gasteiger partial charge is 0.322 e. The molecule has 8 heteroatoms. The Morgan fingerprint density at radius 3 is 2.58 bits per heavy atom. The number of methoxy groups -OCH3 is 1. The number of ether oxygens (including phenoxy) is 1. The highest BCUT2D eigenvalue weighted by molar-refractivity contribution is 5.97. The Kier molecular flexibility index (Phi) is 6.57. The zero-order chi connectivity index (χ0) is 19.3. The number of anilines is 2. The number of hydrogen-bond acceptors (Lipinski definition) is 4. The van der Waals surface area contributed by atoms with Crippen molar-refractivity contribution in [1.82, 2.24) is 10.2 Å². The van der Waals surface area contributed by atoms with Crippen LogP contribution >= 0.6 is 0 Å². The van der Waals surface area contributed by atoms with Crippen molar-refractivity contribution in [1.29, 1.82) is 0 Å². The molecule has 0 unspecified atom stereocenters. The lowest BCUT2D eigenvalue weighted by Crippen LogP contribution is -2.60. The number of carbonyl (C=O) groups is 3. The van der Waals surface area contributed by atoms with E-state index in [2.05, 4.69) is 16.0 Å². The fraction of sp³-hybridized carbons (Fsp3) is 0.500. The van der Waals surface area contributed by atoms with Gasteiger partial charge in [0.25, 0.3) is 0 Å². The molecule has 1 atom stereocenters. The van der Waals surface area contributed by atoms with Crippen LogP contribution < -0.4 is 16.0 Å². The van der Waals surface area contributed by atoms with Crippen LogP contribution in [0.4, 0.5) is 16.2 Å². The van der Waals surface area contributed by atoms with Crippen molar-refractivity contribution < 1.29 is 19.1 Å². The van der Waals surface area contributed by atoms with E-state index in [0.717, 1.165) is 5.56 Å². The molecular formula is C18H26N4O4. The van der Waals surface area contributed by atoms with Crippen LogP contribution in [0.2, 0.25) is 0 Å². The van der Waals surface area contributed by atoms with Gasteiger partial charge in [0.05, 0.1) is 0 Å². The summed E-state index contributed by atoms with van der Waals surface area (Å²) in [5.74, 6) is -0.410. The molecule has 3 N–H and O–H groups in total. The number of carbonyl (C=O) groups excluding carboxylic acids is 3. The molecule has 1 aromatic rings. The summed E-state index contributed by atoms with van der Waals surface area (Å²) in [7, 11) is 1.45. The van der Waals surface area contributed by atoms with Crippen molar-refractivity contribution in [2.75, 3.05) is 37.4 Å². The van der Waals surface area contributed by atoms with Gasteiger partial charge in [-0.05, 0) is 30.5 Å². The fourth-order valence-electron chi connectivity index (χ4n) is 2.99. The van der Waals surface area contributed by atoms with Crippen LogP contribution in [0, 0.1) is 12.8 Å². The normalized spacial score (nSPS) is 17.0. The maximum absolute atomic E-state index is 12.7. The molecule has 0 radical (unpaired) electrons. The minimum atomic E-state index is -0.506. The van der Waals surface area contributed by atoms with E-state index in [1.807, 2.05) is 13.8 Å². The Morgan fingerprint density at radius 1 is 1.31 bits per heavy atom. The summed E-state index contributed by atoms with van der Waals surface area (Å²) in [6.07, 6.45) is 0. The van der Waals surface area contributed by atoms with E-state index in [1.165, 1.54) is 7.11 Å². The van der Waals surface area contributed by atoms with E-state index in [1.54, 1.807) is 30.0 Å². The number of nitrogens with zero attached hydrogens (tertiary/aromatic N) is 1. The van der Waals surface area contributed by atoms with Gasteiger partial charge in [-0.3, -0.25) is 9.59 Å². The summed E-state index contributed by atoms with van der Waals surface area (Å²) in [5, 5.41) is 8.40. The quantitative estimate of drug-likeness (QED) is 0.740. The van der Waals surface area contributed by atoms with Crippen LogP contribution in [0.15, 0.2) is 18.2 Å². The van der Waals surface area contributed by atoms with Crippen molar-refractivity contribution in [3.8, 4) is 0 Å². The summed E-state index contributed by atoms with van der Waals surface area (Å²) in [5.41, 5.74) is 1.91. The van der Waals surface area contributed by atoms with E-state index in [0.29, 0.717) is 24.5 Å². The Bertz CT molecular complexity index is 690. The largest absolute Gasteiger partial charge is 0.375 e. The minimum absolute atomic E-state index is 0.00168. The molecule has 1 fully saturated rings. The van der Waals surface area contributed by atoms with Crippen molar-refractivity contribution in [3.05, 3.63) is 23.8 Å². The third-order valence-corrected chi connectivity index (χ3v) is 4.27. The second-order valence-electron chi connectivity index (χ2n) is 6.56. The number of piperazine rings is 1. The number of nitrogens with one attached hydrogen (secondary N) is 3. The van der Waals surface area contributed by atoms with Gasteiger partial charge < -0.3 is 25.6 Å². The van der Waals surface area contributed by atoms with Crippen LogP contribution in [-0.4, -0.2) is 55.6 Å². The lowest BCUT2D eigenvalue weighted by atomic mass is 10.00. The maximum atomic E-state index is 12.7. The standard InChI is InChI=1S/C18H26N4O4/c1-11(2)16-17(24)19-8-9-22(16)18(25)21-14-7-5-6-13(12(14)3)20-15(23)10-26-4/h5-7,11,16H,8-10H2,1-4H3,(H,19,24)(H,20,23)(H,21,25)/t16-/m1/s1. The van der Waals surface area contributed by atoms with E-state index in [4.69, 9.17) is 4.74 Å². The first-order valence-corrected chi connectivity index (χ1v) is 8.59. The Morgan fingerprint density at radius 2 is 1.96 bits per heavy atom. The third-order valence-electron chi connectivity index (χ3n) is 4.27. The van der Waals surface area contributed by atoms with Gasteiger partial charge in [-0.1, -0.05) is 19.9 Å². The van der Waals surface area contributed by atoms with E-state index in [-0.39, 0.29) is 30.4 Å². The molecule has 1 aromatic carbocycles. The van der Waals surface area contributed by atoms with Gasteiger partial charge in [0.15, 0.2) is 0 Å². The highest BCUT2D eigenvalue weighted by Crippen LogP contribution is 2.24. The molecule has 0 saturated carbocycles. The molecule has 1 heterocycles. The lowest BCUT2D eigenvalue weighted by molar-refractivity contribution is -0.129. The molecule has 0 aromatic heterocycles. The SMILES string of the molecule is COCC(=O)Nc1cccc(NC(=O)N2CCNC(=O)[C@H]2C(C)C)c1C. The van der Waals surface area contributed by atoms with Gasteiger partial charge in [0, 0.05) is 31.6 Å². The lowest BCUT2D eigenvalue weighted by Gasteiger charge is -2.37. The van der Waals surface area contributed by atoms with Gasteiger partial charge in [-0.2, -0.15) is 0 Å². The molecule has 2 rings (SSSR count). The number of urea groups is 1. The van der Waals surface area contributed by atoms with Gasteiger partial charge in [-0.15, -0.1) is 0 Å². The number of hydrogen-bond donors (Lipinski definition) is 3. The highest BCUT2D eigenvalue weighted by Gasteiger charge is 2.35. The minimum Gasteiger partial charge on any atom is -0.375 e. The van der Waals surface area contributed by atoms with Crippen molar-refractivity contribution >= 4 is 29.2 Å². The fourth-order valence-corrected chi connectivity index (χ4v) is 2.99. The van der Waals surface area contributed by atoms with E-state index in [9.17, 15) is 14.4 Å². The molecule has 0 spiro atoms. The second-order valence-corrected chi connectivity index (χ2v) is 6.56. The molecule has 0 aliphatic carbocycles. The third kappa shape index (κ3) is 4.51. The average Bonchev–Trinajstić information content (AvgIpc) is 2.58. The first kappa shape index (κ1) is 19.7. The molecule has 1 aliphatic rings. The van der Waals surface area contributed by atoms with Gasteiger partial charge >= 0.3 is 6.03 Å². The van der Waals surface area contributed by atoms with Crippen LogP contribution in [0.5, 0.6) is 0 Å². The van der Waals surface area contributed by atoms with E-state index >= 15 is 0 Å². The first-order chi connectivity index (χ1) is 12.3. The van der Waals surface area contributed by atoms with Crippen molar-refractivity contribution in [2.24, 2.45) is 5.92 Å². The van der Waals surface area contributed by atoms with Crippen LogP contribution in [-0.2, 0) is 14.3 Å². The topological polar surface area (TPSA) is 99.8 Å². The highest BCUT2D eigenvalue weighted by atomic mass is 16.5. The number of rotatable bonds is 5. The summed E-state index contributed by atoms with van der Waals surface area (Å²) in [6.45, 7) is 6.46. The molecule has 4 amide bonds. The molecule has 1 saturated heterocycles. The van der Waals surface area contributed by atoms with Crippen LogP contribution in [0.1, 0.15) is 19.4 Å². The predicted molar refractivity (Wildman–Crippen MR) is 99.0 cm³/mol. The number of amides is 4. The van der Waals surface area contributed by atoms with Crippen LogP contribution in [0.3, 0.4) is 0 Å². The molecule has 8 nitrogen and oxygen atoms in total.